The monoisotopic (exact) mass is 223 g/mol. The zero-order chi connectivity index (χ0) is 11.6. The first-order chi connectivity index (χ1) is 7.62. The molecule has 16 heavy (non-hydrogen) atoms. The number of nitrogens with one attached hydrogen (secondary N) is 1. The van der Waals surface area contributed by atoms with Crippen molar-refractivity contribution < 1.29 is 14.3 Å². The Kier molecular flexibility index (Phi) is 2.92. The fourth-order valence-electron chi connectivity index (χ4n) is 1.99. The van der Waals surface area contributed by atoms with Gasteiger partial charge in [-0.05, 0) is 37.8 Å². The lowest BCUT2D eigenvalue weighted by Crippen LogP contribution is -2.40. The minimum absolute atomic E-state index is 0.118. The van der Waals surface area contributed by atoms with E-state index in [4.69, 9.17) is 0 Å². The molecule has 0 unspecified atom stereocenters. The summed E-state index contributed by atoms with van der Waals surface area (Å²) in [5.74, 6) is -0.993. The molecule has 0 bridgehead atoms. The Hall–Kier alpha value is -1.42. The molecule has 2 rings (SSSR count). The number of anilines is 1. The molecule has 0 heterocycles. The van der Waals surface area contributed by atoms with E-state index in [9.17, 15) is 14.3 Å². The lowest BCUT2D eigenvalue weighted by molar-refractivity contribution is -0.133. The molecule has 1 aromatic rings. The smallest absolute Gasteiger partial charge is 0.256 e. The van der Waals surface area contributed by atoms with Crippen LogP contribution in [0.25, 0.3) is 0 Å². The molecule has 1 amide bonds. The van der Waals surface area contributed by atoms with Crippen molar-refractivity contribution >= 4 is 11.6 Å². The molecule has 1 aliphatic carbocycles. The van der Waals surface area contributed by atoms with Crippen molar-refractivity contribution in [2.24, 2.45) is 0 Å². The van der Waals surface area contributed by atoms with E-state index in [2.05, 4.69) is 5.32 Å². The van der Waals surface area contributed by atoms with Crippen molar-refractivity contribution in [2.75, 3.05) is 5.32 Å². The van der Waals surface area contributed by atoms with E-state index < -0.39 is 17.3 Å². The van der Waals surface area contributed by atoms with Gasteiger partial charge in [0.2, 0.25) is 0 Å². The van der Waals surface area contributed by atoms with Gasteiger partial charge in [-0.25, -0.2) is 4.39 Å². The minimum atomic E-state index is -1.32. The van der Waals surface area contributed by atoms with Crippen LogP contribution in [0, 0.1) is 5.82 Å². The highest BCUT2D eigenvalue weighted by atomic mass is 19.1. The molecule has 0 radical (unpaired) electrons. The fraction of sp³-hybridized carbons (Fsp3) is 0.417. The summed E-state index contributed by atoms with van der Waals surface area (Å²) < 4.78 is 13.3. The van der Waals surface area contributed by atoms with Gasteiger partial charge in [0.1, 0.15) is 11.4 Å². The normalized spacial score (nSPS) is 18.4. The highest BCUT2D eigenvalue weighted by Gasteiger charge is 2.38. The summed E-state index contributed by atoms with van der Waals surface area (Å²) >= 11 is 0. The van der Waals surface area contributed by atoms with Crippen molar-refractivity contribution in [1.29, 1.82) is 0 Å². The summed E-state index contributed by atoms with van der Waals surface area (Å²) in [4.78, 5) is 11.8. The largest absolute Gasteiger partial charge is 0.380 e. The van der Waals surface area contributed by atoms with E-state index in [1.807, 2.05) is 0 Å². The van der Waals surface area contributed by atoms with Crippen LogP contribution in [-0.2, 0) is 4.79 Å². The van der Waals surface area contributed by atoms with Crippen molar-refractivity contribution in [3.63, 3.8) is 0 Å². The van der Waals surface area contributed by atoms with Crippen LogP contribution in [0.4, 0.5) is 10.1 Å². The van der Waals surface area contributed by atoms with Gasteiger partial charge < -0.3 is 10.4 Å². The number of amides is 1. The summed E-state index contributed by atoms with van der Waals surface area (Å²) in [6.45, 7) is 0. The SMILES string of the molecule is O=C(Nc1ccccc1F)C1(O)CCCC1. The predicted molar refractivity (Wildman–Crippen MR) is 58.4 cm³/mol. The third kappa shape index (κ3) is 2.07. The molecular weight excluding hydrogens is 209 g/mol. The number of carbonyl (C=O) groups excluding carboxylic acids is 1. The summed E-state index contributed by atoms with van der Waals surface area (Å²) in [5.41, 5.74) is -1.20. The molecule has 4 heteroatoms. The molecular formula is C12H14FNO2. The highest BCUT2D eigenvalue weighted by Crippen LogP contribution is 2.30. The van der Waals surface area contributed by atoms with E-state index >= 15 is 0 Å². The molecule has 0 aliphatic heterocycles. The number of aliphatic hydroxyl groups is 1. The van der Waals surface area contributed by atoms with Crippen LogP contribution in [0.1, 0.15) is 25.7 Å². The van der Waals surface area contributed by atoms with E-state index in [0.29, 0.717) is 12.8 Å². The first kappa shape index (κ1) is 11.1. The zero-order valence-electron chi connectivity index (χ0n) is 8.87. The lowest BCUT2D eigenvalue weighted by Gasteiger charge is -2.20. The standard InChI is InChI=1S/C12H14FNO2/c13-9-5-1-2-6-10(9)14-11(15)12(16)7-3-4-8-12/h1-2,5-6,16H,3-4,7-8H2,(H,14,15). The van der Waals surface area contributed by atoms with Gasteiger partial charge in [0.25, 0.3) is 5.91 Å². The molecule has 0 aromatic heterocycles. The summed E-state index contributed by atoms with van der Waals surface area (Å²) in [6.07, 6.45) is 2.57. The van der Waals surface area contributed by atoms with Gasteiger partial charge in [-0.3, -0.25) is 4.79 Å². The number of hydrogen-bond donors (Lipinski definition) is 2. The zero-order valence-corrected chi connectivity index (χ0v) is 8.87. The number of rotatable bonds is 2. The second-order valence-electron chi connectivity index (χ2n) is 4.17. The third-order valence-electron chi connectivity index (χ3n) is 2.98. The molecule has 0 atom stereocenters. The molecule has 2 N–H and O–H groups in total. The number of halogens is 1. The maximum Gasteiger partial charge on any atom is 0.256 e. The molecule has 1 fully saturated rings. The molecule has 3 nitrogen and oxygen atoms in total. The van der Waals surface area contributed by atoms with Gasteiger partial charge in [-0.1, -0.05) is 12.1 Å². The molecule has 0 spiro atoms. The number of hydrogen-bond acceptors (Lipinski definition) is 2. The average Bonchev–Trinajstić information content (AvgIpc) is 2.70. The quantitative estimate of drug-likeness (QED) is 0.806. The Morgan fingerprint density at radius 1 is 1.31 bits per heavy atom. The van der Waals surface area contributed by atoms with Crippen molar-refractivity contribution in [1.82, 2.24) is 0 Å². The minimum Gasteiger partial charge on any atom is -0.380 e. The van der Waals surface area contributed by atoms with Crippen molar-refractivity contribution in [3.05, 3.63) is 30.1 Å². The van der Waals surface area contributed by atoms with E-state index in [0.717, 1.165) is 12.8 Å². The first-order valence-corrected chi connectivity index (χ1v) is 5.40. The fourth-order valence-corrected chi connectivity index (χ4v) is 1.99. The maximum absolute atomic E-state index is 13.3. The van der Waals surface area contributed by atoms with Gasteiger partial charge in [0.05, 0.1) is 5.69 Å². The molecule has 86 valence electrons. The summed E-state index contributed by atoms with van der Waals surface area (Å²) in [6, 6.07) is 5.94. The van der Waals surface area contributed by atoms with E-state index in [1.54, 1.807) is 12.1 Å². The molecule has 1 aliphatic rings. The van der Waals surface area contributed by atoms with Gasteiger partial charge in [0.15, 0.2) is 0 Å². The van der Waals surface area contributed by atoms with Crippen LogP contribution in [0.2, 0.25) is 0 Å². The Labute approximate surface area is 93.3 Å². The lowest BCUT2D eigenvalue weighted by atomic mass is 10.0. The van der Waals surface area contributed by atoms with Crippen LogP contribution in [-0.4, -0.2) is 16.6 Å². The van der Waals surface area contributed by atoms with Crippen LogP contribution >= 0.6 is 0 Å². The van der Waals surface area contributed by atoms with Crippen LogP contribution < -0.4 is 5.32 Å². The van der Waals surface area contributed by atoms with Crippen LogP contribution in [0.15, 0.2) is 24.3 Å². The van der Waals surface area contributed by atoms with E-state index in [-0.39, 0.29) is 5.69 Å². The van der Waals surface area contributed by atoms with Crippen molar-refractivity contribution in [3.8, 4) is 0 Å². The number of benzene rings is 1. The number of carbonyl (C=O) groups is 1. The molecule has 1 aromatic carbocycles. The second-order valence-corrected chi connectivity index (χ2v) is 4.17. The highest BCUT2D eigenvalue weighted by molar-refractivity contribution is 5.97. The van der Waals surface area contributed by atoms with Gasteiger partial charge in [-0.15, -0.1) is 0 Å². The van der Waals surface area contributed by atoms with Crippen molar-refractivity contribution in [2.45, 2.75) is 31.3 Å². The Balaban J connectivity index is 2.10. The predicted octanol–water partition coefficient (Wildman–Crippen LogP) is 2.07. The molecule has 1 saturated carbocycles. The second kappa shape index (κ2) is 4.22. The maximum atomic E-state index is 13.3. The summed E-state index contributed by atoms with van der Waals surface area (Å²) in [5, 5.41) is 12.4. The topological polar surface area (TPSA) is 49.3 Å². The first-order valence-electron chi connectivity index (χ1n) is 5.40. The third-order valence-corrected chi connectivity index (χ3v) is 2.98. The Morgan fingerprint density at radius 2 is 1.94 bits per heavy atom. The Morgan fingerprint density at radius 3 is 2.56 bits per heavy atom. The van der Waals surface area contributed by atoms with Gasteiger partial charge in [0, 0.05) is 0 Å². The summed E-state index contributed by atoms with van der Waals surface area (Å²) in [7, 11) is 0. The van der Waals surface area contributed by atoms with Gasteiger partial charge >= 0.3 is 0 Å². The Bertz CT molecular complexity index is 400. The molecule has 0 saturated heterocycles. The van der Waals surface area contributed by atoms with Crippen LogP contribution in [0.5, 0.6) is 0 Å². The van der Waals surface area contributed by atoms with Gasteiger partial charge in [-0.2, -0.15) is 0 Å². The average molecular weight is 223 g/mol. The number of para-hydroxylation sites is 1. The van der Waals surface area contributed by atoms with Crippen LogP contribution in [0.3, 0.4) is 0 Å². The van der Waals surface area contributed by atoms with E-state index in [1.165, 1.54) is 12.1 Å².